The standard InChI is InChI=1S/C28H32N8O/c1-4-7-10-23-19-36(27-20(5-2)15-16-34(27)6-3)28(37)35(23)18-22-14-13-21(17-29-22)24-11-8-9-12-25(24)26-30-32-33-31-26/h8-9,11-17,19H,4-7,10,18H2,1-3H3,(H,30,31,32,33). The van der Waals surface area contributed by atoms with E-state index in [9.17, 15) is 4.79 Å². The minimum Gasteiger partial charge on any atom is -0.334 e. The van der Waals surface area contributed by atoms with Gasteiger partial charge >= 0.3 is 5.69 Å². The third-order valence-corrected chi connectivity index (χ3v) is 6.78. The van der Waals surface area contributed by atoms with E-state index in [0.717, 1.165) is 66.1 Å². The van der Waals surface area contributed by atoms with Crippen molar-refractivity contribution in [3.8, 4) is 28.3 Å². The van der Waals surface area contributed by atoms with Gasteiger partial charge in [-0.3, -0.25) is 14.1 Å². The molecule has 0 aliphatic heterocycles. The number of aromatic amines is 1. The summed E-state index contributed by atoms with van der Waals surface area (Å²) in [6.45, 7) is 7.63. The molecule has 4 heterocycles. The van der Waals surface area contributed by atoms with E-state index >= 15 is 0 Å². The highest BCUT2D eigenvalue weighted by molar-refractivity contribution is 5.79. The van der Waals surface area contributed by atoms with Gasteiger partial charge in [0.15, 0.2) is 0 Å². The highest BCUT2D eigenvalue weighted by Crippen LogP contribution is 2.29. The lowest BCUT2D eigenvalue weighted by atomic mass is 10.0. The molecule has 0 fully saturated rings. The molecular formula is C28H32N8O. The Balaban J connectivity index is 1.49. The number of aryl methyl sites for hydroxylation is 3. The quantitative estimate of drug-likeness (QED) is 0.303. The fraction of sp³-hybridized carbons (Fsp3) is 0.321. The lowest BCUT2D eigenvalue weighted by Crippen LogP contribution is -2.26. The first-order valence-corrected chi connectivity index (χ1v) is 12.9. The molecule has 0 saturated carbocycles. The van der Waals surface area contributed by atoms with Gasteiger partial charge < -0.3 is 4.57 Å². The van der Waals surface area contributed by atoms with Crippen molar-refractivity contribution >= 4 is 0 Å². The summed E-state index contributed by atoms with van der Waals surface area (Å²) in [6.07, 6.45) is 9.75. The van der Waals surface area contributed by atoms with E-state index in [2.05, 4.69) is 58.2 Å². The van der Waals surface area contributed by atoms with Crippen LogP contribution in [0.4, 0.5) is 0 Å². The van der Waals surface area contributed by atoms with Crippen molar-refractivity contribution in [2.75, 3.05) is 0 Å². The molecule has 5 rings (SSSR count). The molecule has 9 nitrogen and oxygen atoms in total. The normalized spacial score (nSPS) is 11.3. The van der Waals surface area contributed by atoms with Gasteiger partial charge in [-0.15, -0.1) is 10.2 Å². The van der Waals surface area contributed by atoms with Gasteiger partial charge in [0.2, 0.25) is 5.82 Å². The highest BCUT2D eigenvalue weighted by Gasteiger charge is 2.18. The number of unbranched alkanes of at least 4 members (excludes halogenated alkanes) is 1. The van der Waals surface area contributed by atoms with Gasteiger partial charge in [-0.2, -0.15) is 5.21 Å². The van der Waals surface area contributed by atoms with E-state index < -0.39 is 0 Å². The Kier molecular flexibility index (Phi) is 7.11. The van der Waals surface area contributed by atoms with Crippen LogP contribution in [0.15, 0.2) is 65.8 Å². The number of H-pyrrole nitrogens is 1. The number of hydrogen-bond acceptors (Lipinski definition) is 5. The van der Waals surface area contributed by atoms with E-state index in [4.69, 9.17) is 4.98 Å². The Morgan fingerprint density at radius 3 is 2.51 bits per heavy atom. The molecular weight excluding hydrogens is 464 g/mol. The average Bonchev–Trinajstić information content (AvgIpc) is 3.68. The van der Waals surface area contributed by atoms with E-state index in [0.29, 0.717) is 12.4 Å². The van der Waals surface area contributed by atoms with Crippen molar-refractivity contribution < 1.29 is 0 Å². The first-order chi connectivity index (χ1) is 18.1. The van der Waals surface area contributed by atoms with Gasteiger partial charge in [0, 0.05) is 42.0 Å². The fourth-order valence-corrected chi connectivity index (χ4v) is 4.78. The minimum atomic E-state index is -0.0254. The number of aromatic nitrogens is 8. The van der Waals surface area contributed by atoms with Crippen molar-refractivity contribution in [3.63, 3.8) is 0 Å². The van der Waals surface area contributed by atoms with E-state index in [1.54, 1.807) is 0 Å². The van der Waals surface area contributed by atoms with Gasteiger partial charge in [-0.25, -0.2) is 4.79 Å². The zero-order valence-electron chi connectivity index (χ0n) is 21.6. The smallest absolute Gasteiger partial charge is 0.334 e. The van der Waals surface area contributed by atoms with Crippen LogP contribution in [0.5, 0.6) is 0 Å². The maximum Gasteiger partial charge on any atom is 0.334 e. The first kappa shape index (κ1) is 24.4. The van der Waals surface area contributed by atoms with Crippen LogP contribution in [-0.2, 0) is 25.9 Å². The number of rotatable bonds is 10. The predicted molar refractivity (Wildman–Crippen MR) is 144 cm³/mol. The molecule has 9 heteroatoms. The number of pyridine rings is 1. The Labute approximate surface area is 215 Å². The number of nitrogens with one attached hydrogen (secondary N) is 1. The maximum atomic E-state index is 13.7. The largest absolute Gasteiger partial charge is 0.334 e. The van der Waals surface area contributed by atoms with Crippen molar-refractivity contribution in [2.45, 2.75) is 59.5 Å². The summed E-state index contributed by atoms with van der Waals surface area (Å²) in [4.78, 5) is 18.5. The number of benzene rings is 1. The van der Waals surface area contributed by atoms with Crippen LogP contribution in [0.3, 0.4) is 0 Å². The Morgan fingerprint density at radius 1 is 1.00 bits per heavy atom. The van der Waals surface area contributed by atoms with Crippen LogP contribution in [0, 0.1) is 0 Å². The molecule has 0 amide bonds. The van der Waals surface area contributed by atoms with E-state index in [1.165, 1.54) is 5.56 Å². The zero-order valence-corrected chi connectivity index (χ0v) is 21.6. The summed E-state index contributed by atoms with van der Waals surface area (Å²) >= 11 is 0. The Morgan fingerprint density at radius 2 is 1.84 bits per heavy atom. The second-order valence-corrected chi connectivity index (χ2v) is 9.09. The van der Waals surface area contributed by atoms with Crippen molar-refractivity contribution in [1.82, 2.24) is 39.3 Å². The topological polar surface area (TPSA) is 99.2 Å². The summed E-state index contributed by atoms with van der Waals surface area (Å²) in [5, 5.41) is 14.5. The van der Waals surface area contributed by atoms with E-state index in [-0.39, 0.29) is 5.69 Å². The van der Waals surface area contributed by atoms with Crippen LogP contribution in [-0.4, -0.2) is 39.3 Å². The Bertz CT molecular complexity index is 1500. The molecule has 4 aromatic heterocycles. The second-order valence-electron chi connectivity index (χ2n) is 9.09. The van der Waals surface area contributed by atoms with Gasteiger partial charge in [0.25, 0.3) is 0 Å². The van der Waals surface area contributed by atoms with Crippen LogP contribution in [0.1, 0.15) is 50.6 Å². The number of nitrogens with zero attached hydrogens (tertiary/aromatic N) is 7. The molecule has 0 saturated heterocycles. The van der Waals surface area contributed by atoms with Crippen molar-refractivity contribution in [2.24, 2.45) is 0 Å². The van der Waals surface area contributed by atoms with Gasteiger partial charge in [0.1, 0.15) is 5.82 Å². The summed E-state index contributed by atoms with van der Waals surface area (Å²) in [6, 6.07) is 14.0. The average molecular weight is 497 g/mol. The van der Waals surface area contributed by atoms with E-state index in [1.807, 2.05) is 57.9 Å². The summed E-state index contributed by atoms with van der Waals surface area (Å²) in [5.41, 5.74) is 5.82. The lowest BCUT2D eigenvalue weighted by molar-refractivity contribution is 0.656. The molecule has 0 spiro atoms. The van der Waals surface area contributed by atoms with Gasteiger partial charge in [-0.1, -0.05) is 50.6 Å². The first-order valence-electron chi connectivity index (χ1n) is 12.9. The zero-order chi connectivity index (χ0) is 25.8. The maximum absolute atomic E-state index is 13.7. The van der Waals surface area contributed by atoms with Crippen LogP contribution in [0.25, 0.3) is 28.3 Å². The third kappa shape index (κ3) is 4.76. The number of tetrazole rings is 1. The van der Waals surface area contributed by atoms with Gasteiger partial charge in [-0.05, 0) is 54.7 Å². The van der Waals surface area contributed by atoms with Crippen molar-refractivity contribution in [1.29, 1.82) is 0 Å². The molecule has 190 valence electrons. The molecule has 37 heavy (non-hydrogen) atoms. The summed E-state index contributed by atoms with van der Waals surface area (Å²) < 4.78 is 5.84. The molecule has 0 bridgehead atoms. The van der Waals surface area contributed by atoms with Crippen LogP contribution < -0.4 is 5.69 Å². The Hall–Kier alpha value is -4.27. The second kappa shape index (κ2) is 10.8. The number of hydrogen-bond donors (Lipinski definition) is 1. The monoisotopic (exact) mass is 496 g/mol. The summed E-state index contributed by atoms with van der Waals surface area (Å²) in [5.74, 6) is 1.50. The fourth-order valence-electron chi connectivity index (χ4n) is 4.78. The van der Waals surface area contributed by atoms with Crippen molar-refractivity contribution in [3.05, 3.63) is 88.5 Å². The molecule has 0 radical (unpaired) electrons. The molecule has 0 atom stereocenters. The minimum absolute atomic E-state index is 0.0254. The molecule has 1 N–H and O–H groups in total. The van der Waals surface area contributed by atoms with Crippen LogP contribution >= 0.6 is 0 Å². The molecule has 0 unspecified atom stereocenters. The third-order valence-electron chi connectivity index (χ3n) is 6.78. The predicted octanol–water partition coefficient (Wildman–Crippen LogP) is 4.66. The van der Waals surface area contributed by atoms with Crippen LogP contribution in [0.2, 0.25) is 0 Å². The summed E-state index contributed by atoms with van der Waals surface area (Å²) in [7, 11) is 0. The van der Waals surface area contributed by atoms with Gasteiger partial charge in [0.05, 0.1) is 12.2 Å². The number of imidazole rings is 1. The molecule has 1 aromatic carbocycles. The molecule has 0 aliphatic carbocycles. The SMILES string of the molecule is CCCCc1cn(-c2c(CC)ccn2CC)c(=O)n1Cc1ccc(-c2ccccc2-c2nn[nH]n2)cn1. The molecule has 5 aromatic rings. The lowest BCUT2D eigenvalue weighted by Gasteiger charge is -2.10. The highest BCUT2D eigenvalue weighted by atomic mass is 16.1. The molecule has 0 aliphatic rings.